The molecule has 0 aliphatic carbocycles. The first-order valence-electron chi connectivity index (χ1n) is 7.27. The normalized spacial score (nSPS) is 22.7. The molecule has 1 aliphatic rings. The number of nitrogens with zero attached hydrogens (tertiary/aromatic N) is 1. The minimum absolute atomic E-state index is 0.316. The Bertz CT molecular complexity index is 407. The zero-order valence-corrected chi connectivity index (χ0v) is 12.9. The summed E-state index contributed by atoms with van der Waals surface area (Å²) in [5.41, 5.74) is 1.29. The molecule has 3 atom stereocenters. The lowest BCUT2D eigenvalue weighted by Gasteiger charge is -2.32. The molecule has 4 nitrogen and oxygen atoms in total. The third-order valence-electron chi connectivity index (χ3n) is 4.35. The number of likely N-dealkylation sites (N-methyl/N-ethyl adjacent to an activating group) is 1. The van der Waals surface area contributed by atoms with Gasteiger partial charge in [-0.2, -0.15) is 0 Å². The fourth-order valence-electron chi connectivity index (χ4n) is 3.02. The van der Waals surface area contributed by atoms with Gasteiger partial charge in [0.25, 0.3) is 0 Å². The maximum absolute atomic E-state index is 5.46. The Morgan fingerprint density at radius 1 is 1.25 bits per heavy atom. The molecule has 1 aromatic rings. The molecule has 1 aromatic carbocycles. The van der Waals surface area contributed by atoms with E-state index in [0.717, 1.165) is 25.3 Å². The molecule has 0 aromatic heterocycles. The van der Waals surface area contributed by atoms with Crippen molar-refractivity contribution in [2.24, 2.45) is 0 Å². The van der Waals surface area contributed by atoms with E-state index in [9.17, 15) is 0 Å². The van der Waals surface area contributed by atoms with Crippen molar-refractivity contribution in [3.8, 4) is 5.75 Å². The Kier molecular flexibility index (Phi) is 5.40. The van der Waals surface area contributed by atoms with Crippen molar-refractivity contribution in [1.82, 2.24) is 10.2 Å². The molecule has 1 saturated heterocycles. The average Bonchev–Trinajstić information content (AvgIpc) is 2.97. The van der Waals surface area contributed by atoms with Crippen molar-refractivity contribution >= 4 is 0 Å². The fourth-order valence-corrected chi connectivity index (χ4v) is 3.02. The molecule has 0 spiro atoms. The number of rotatable bonds is 6. The molecule has 0 amide bonds. The summed E-state index contributed by atoms with van der Waals surface area (Å²) in [7, 11) is 5.52. The Labute approximate surface area is 122 Å². The summed E-state index contributed by atoms with van der Waals surface area (Å²) < 4.78 is 10.7. The molecule has 2 rings (SSSR count). The van der Waals surface area contributed by atoms with Crippen LogP contribution in [-0.4, -0.2) is 51.4 Å². The second-order valence-corrected chi connectivity index (χ2v) is 5.42. The third-order valence-corrected chi connectivity index (χ3v) is 4.35. The largest absolute Gasteiger partial charge is 0.497 e. The molecule has 20 heavy (non-hydrogen) atoms. The molecule has 1 fully saturated rings. The van der Waals surface area contributed by atoms with E-state index in [0.29, 0.717) is 18.2 Å². The summed E-state index contributed by atoms with van der Waals surface area (Å²) >= 11 is 0. The maximum atomic E-state index is 5.46. The molecule has 0 bridgehead atoms. The van der Waals surface area contributed by atoms with E-state index in [4.69, 9.17) is 9.47 Å². The van der Waals surface area contributed by atoms with E-state index in [-0.39, 0.29) is 0 Å². The van der Waals surface area contributed by atoms with Gasteiger partial charge in [0, 0.05) is 32.3 Å². The van der Waals surface area contributed by atoms with Gasteiger partial charge in [-0.3, -0.25) is 4.90 Å². The molecule has 0 saturated carbocycles. The molecule has 1 aliphatic heterocycles. The van der Waals surface area contributed by atoms with Gasteiger partial charge in [0.15, 0.2) is 0 Å². The predicted molar refractivity (Wildman–Crippen MR) is 81.2 cm³/mol. The Hall–Kier alpha value is -1.10. The standard InChI is InChI=1S/C16H26N2O2/c1-12(18-10-9-15(11-18)20-4)16(17-2)13-5-7-14(19-3)8-6-13/h5-8,12,15-17H,9-11H2,1-4H3. The summed E-state index contributed by atoms with van der Waals surface area (Å²) in [5.74, 6) is 0.900. The van der Waals surface area contributed by atoms with Crippen LogP contribution in [0.5, 0.6) is 5.75 Å². The van der Waals surface area contributed by atoms with E-state index >= 15 is 0 Å². The van der Waals surface area contributed by atoms with E-state index in [1.807, 2.05) is 19.2 Å². The van der Waals surface area contributed by atoms with Crippen LogP contribution in [0.4, 0.5) is 0 Å². The smallest absolute Gasteiger partial charge is 0.118 e. The van der Waals surface area contributed by atoms with Crippen LogP contribution >= 0.6 is 0 Å². The summed E-state index contributed by atoms with van der Waals surface area (Å²) in [6, 6.07) is 9.08. The molecule has 1 N–H and O–H groups in total. The van der Waals surface area contributed by atoms with Gasteiger partial charge in [-0.05, 0) is 38.1 Å². The molecule has 4 heteroatoms. The van der Waals surface area contributed by atoms with Gasteiger partial charge in [-0.25, -0.2) is 0 Å². The number of nitrogens with one attached hydrogen (secondary N) is 1. The molecule has 112 valence electrons. The van der Waals surface area contributed by atoms with Crippen LogP contribution < -0.4 is 10.1 Å². The summed E-state index contributed by atoms with van der Waals surface area (Å²) in [6.07, 6.45) is 1.51. The maximum Gasteiger partial charge on any atom is 0.118 e. The lowest BCUT2D eigenvalue weighted by Crippen LogP contribution is -2.41. The minimum atomic E-state index is 0.316. The highest BCUT2D eigenvalue weighted by Gasteiger charge is 2.30. The third kappa shape index (κ3) is 3.32. The van der Waals surface area contributed by atoms with Crippen LogP contribution in [0.3, 0.4) is 0 Å². The van der Waals surface area contributed by atoms with Crippen LogP contribution in [0, 0.1) is 0 Å². The highest BCUT2D eigenvalue weighted by atomic mass is 16.5. The number of ether oxygens (including phenoxy) is 2. The molecule has 1 heterocycles. The van der Waals surface area contributed by atoms with Crippen molar-refractivity contribution in [2.75, 3.05) is 34.4 Å². The highest BCUT2D eigenvalue weighted by Crippen LogP contribution is 2.26. The molecular weight excluding hydrogens is 252 g/mol. The minimum Gasteiger partial charge on any atom is -0.497 e. The molecule has 0 radical (unpaired) electrons. The quantitative estimate of drug-likeness (QED) is 0.863. The topological polar surface area (TPSA) is 33.7 Å². The zero-order chi connectivity index (χ0) is 14.5. The first kappa shape index (κ1) is 15.3. The van der Waals surface area contributed by atoms with Crippen molar-refractivity contribution in [3.63, 3.8) is 0 Å². The zero-order valence-electron chi connectivity index (χ0n) is 12.9. The van der Waals surface area contributed by atoms with E-state index < -0.39 is 0 Å². The Balaban J connectivity index is 2.06. The predicted octanol–water partition coefficient (Wildman–Crippen LogP) is 2.06. The average molecular weight is 278 g/mol. The van der Waals surface area contributed by atoms with Gasteiger partial charge >= 0.3 is 0 Å². The van der Waals surface area contributed by atoms with Gasteiger partial charge in [-0.1, -0.05) is 12.1 Å². The summed E-state index contributed by atoms with van der Waals surface area (Å²) in [5, 5.41) is 3.44. The summed E-state index contributed by atoms with van der Waals surface area (Å²) in [6.45, 7) is 4.41. The number of hydrogen-bond acceptors (Lipinski definition) is 4. The molecular formula is C16H26N2O2. The Morgan fingerprint density at radius 3 is 2.45 bits per heavy atom. The Morgan fingerprint density at radius 2 is 1.95 bits per heavy atom. The van der Waals surface area contributed by atoms with E-state index in [1.54, 1.807) is 14.2 Å². The van der Waals surface area contributed by atoms with Gasteiger partial charge in [-0.15, -0.1) is 0 Å². The second-order valence-electron chi connectivity index (χ2n) is 5.42. The van der Waals surface area contributed by atoms with E-state index in [1.165, 1.54) is 5.56 Å². The number of likely N-dealkylation sites (tertiary alicyclic amines) is 1. The lowest BCUT2D eigenvalue weighted by molar-refractivity contribution is 0.0981. The SMILES string of the molecule is CNC(c1ccc(OC)cc1)C(C)N1CCC(OC)C1. The first-order valence-corrected chi connectivity index (χ1v) is 7.27. The van der Waals surface area contributed by atoms with Gasteiger partial charge in [0.05, 0.1) is 13.2 Å². The van der Waals surface area contributed by atoms with Crippen LogP contribution in [0.15, 0.2) is 24.3 Å². The van der Waals surface area contributed by atoms with Gasteiger partial charge < -0.3 is 14.8 Å². The fraction of sp³-hybridized carbons (Fsp3) is 0.625. The summed E-state index contributed by atoms with van der Waals surface area (Å²) in [4.78, 5) is 2.50. The van der Waals surface area contributed by atoms with Crippen LogP contribution in [0.2, 0.25) is 0 Å². The lowest BCUT2D eigenvalue weighted by atomic mass is 9.99. The van der Waals surface area contributed by atoms with Gasteiger partial charge in [0.2, 0.25) is 0 Å². The van der Waals surface area contributed by atoms with Crippen LogP contribution in [-0.2, 0) is 4.74 Å². The first-order chi connectivity index (χ1) is 9.69. The highest BCUT2D eigenvalue weighted by molar-refractivity contribution is 5.29. The van der Waals surface area contributed by atoms with Crippen LogP contribution in [0.25, 0.3) is 0 Å². The number of benzene rings is 1. The van der Waals surface area contributed by atoms with E-state index in [2.05, 4.69) is 29.3 Å². The van der Waals surface area contributed by atoms with Crippen molar-refractivity contribution in [2.45, 2.75) is 31.5 Å². The number of methoxy groups -OCH3 is 2. The number of hydrogen-bond donors (Lipinski definition) is 1. The van der Waals surface area contributed by atoms with Gasteiger partial charge in [0.1, 0.15) is 5.75 Å². The monoisotopic (exact) mass is 278 g/mol. The van der Waals surface area contributed by atoms with Crippen molar-refractivity contribution < 1.29 is 9.47 Å². The van der Waals surface area contributed by atoms with Crippen LogP contribution in [0.1, 0.15) is 24.9 Å². The molecule has 3 unspecified atom stereocenters. The second kappa shape index (κ2) is 7.07. The van der Waals surface area contributed by atoms with Crippen molar-refractivity contribution in [3.05, 3.63) is 29.8 Å². The van der Waals surface area contributed by atoms with Crippen molar-refractivity contribution in [1.29, 1.82) is 0 Å².